The topological polar surface area (TPSA) is 90.1 Å². The number of aromatic nitrogens is 3. The number of carbonyl (C=O) groups is 1. The van der Waals surface area contributed by atoms with Crippen molar-refractivity contribution >= 4 is 22.4 Å². The van der Waals surface area contributed by atoms with Crippen LogP contribution in [0.3, 0.4) is 0 Å². The predicted molar refractivity (Wildman–Crippen MR) is 105 cm³/mol. The van der Waals surface area contributed by atoms with Crippen LogP contribution in [0.2, 0.25) is 0 Å². The summed E-state index contributed by atoms with van der Waals surface area (Å²) < 4.78 is 24.1. The van der Waals surface area contributed by atoms with E-state index in [2.05, 4.69) is 20.5 Å². The molecule has 0 aliphatic heterocycles. The summed E-state index contributed by atoms with van der Waals surface area (Å²) in [6.07, 6.45) is 1.16. The molecule has 1 amide bonds. The quantitative estimate of drug-likeness (QED) is 0.504. The van der Waals surface area contributed by atoms with Crippen molar-refractivity contribution in [2.24, 2.45) is 0 Å². The van der Waals surface area contributed by atoms with E-state index in [0.29, 0.717) is 15.7 Å². The van der Waals surface area contributed by atoms with Gasteiger partial charge in [-0.2, -0.15) is 0 Å². The number of anilines is 1. The van der Waals surface area contributed by atoms with E-state index < -0.39 is 5.91 Å². The van der Waals surface area contributed by atoms with Gasteiger partial charge in [-0.3, -0.25) is 10.1 Å². The van der Waals surface area contributed by atoms with Crippen molar-refractivity contribution in [3.05, 3.63) is 77.0 Å². The summed E-state index contributed by atoms with van der Waals surface area (Å²) in [5.74, 6) is 0.0894. The highest BCUT2D eigenvalue weighted by Crippen LogP contribution is 2.25. The highest BCUT2D eigenvalue weighted by Gasteiger charge is 2.20. The molecular formula is C20H15FN4O3S. The van der Waals surface area contributed by atoms with Crippen LogP contribution in [-0.2, 0) is 6.61 Å². The summed E-state index contributed by atoms with van der Waals surface area (Å²) in [7, 11) is 0. The minimum Gasteiger partial charge on any atom is -0.486 e. The second-order valence-corrected chi connectivity index (χ2v) is 7.16. The Morgan fingerprint density at radius 1 is 1.14 bits per heavy atom. The number of halogens is 1. The number of rotatable bonds is 6. The zero-order valence-corrected chi connectivity index (χ0v) is 16.1. The first-order valence-corrected chi connectivity index (χ1v) is 9.43. The van der Waals surface area contributed by atoms with Crippen LogP contribution in [0.1, 0.15) is 21.1 Å². The molecule has 4 aromatic rings. The van der Waals surface area contributed by atoms with Gasteiger partial charge in [0.05, 0.1) is 0 Å². The maximum atomic E-state index is 13.1. The Hall–Kier alpha value is -3.59. The molecule has 0 saturated heterocycles. The number of amides is 1. The molecule has 2 heterocycles. The lowest BCUT2D eigenvalue weighted by Gasteiger charge is -2.03. The van der Waals surface area contributed by atoms with E-state index >= 15 is 0 Å². The molecule has 2 aromatic heterocycles. The molecule has 0 atom stereocenters. The minimum atomic E-state index is -0.500. The molecule has 0 bridgehead atoms. The van der Waals surface area contributed by atoms with E-state index in [1.54, 1.807) is 0 Å². The van der Waals surface area contributed by atoms with Crippen molar-refractivity contribution in [1.29, 1.82) is 0 Å². The number of benzene rings is 2. The van der Waals surface area contributed by atoms with Gasteiger partial charge in [0.25, 0.3) is 5.91 Å². The average Bonchev–Trinajstić information content (AvgIpc) is 3.38. The van der Waals surface area contributed by atoms with E-state index in [4.69, 9.17) is 9.15 Å². The molecular weight excluding hydrogens is 395 g/mol. The summed E-state index contributed by atoms with van der Waals surface area (Å²) in [4.78, 5) is 16.5. The van der Waals surface area contributed by atoms with Crippen LogP contribution in [0.5, 0.6) is 5.75 Å². The largest absolute Gasteiger partial charge is 0.486 e. The summed E-state index contributed by atoms with van der Waals surface area (Å²) in [5, 5.41) is 11.5. The number of nitrogens with one attached hydrogen (secondary N) is 1. The maximum absolute atomic E-state index is 13.1. The minimum absolute atomic E-state index is 0.0734. The van der Waals surface area contributed by atoms with E-state index in [1.165, 1.54) is 35.6 Å². The molecule has 0 spiro atoms. The zero-order chi connectivity index (χ0) is 20.2. The van der Waals surface area contributed by atoms with Crippen LogP contribution < -0.4 is 10.1 Å². The molecule has 0 saturated carbocycles. The third-order valence-corrected chi connectivity index (χ3v) is 4.77. The highest BCUT2D eigenvalue weighted by molar-refractivity contribution is 7.15. The molecule has 29 heavy (non-hydrogen) atoms. The molecule has 0 fully saturated rings. The van der Waals surface area contributed by atoms with Crippen LogP contribution in [0, 0.1) is 12.7 Å². The molecule has 0 aliphatic rings. The first kappa shape index (κ1) is 18.8. The monoisotopic (exact) mass is 410 g/mol. The number of nitrogens with zero attached hydrogens (tertiary/aromatic N) is 3. The number of hydrogen-bond donors (Lipinski definition) is 1. The fraction of sp³-hybridized carbons (Fsp3) is 0.100. The summed E-state index contributed by atoms with van der Waals surface area (Å²) in [6.45, 7) is 2.24. The summed E-state index contributed by atoms with van der Waals surface area (Å²) in [6, 6.07) is 13.3. The van der Waals surface area contributed by atoms with Crippen LogP contribution >= 0.6 is 11.3 Å². The van der Waals surface area contributed by atoms with E-state index in [9.17, 15) is 9.18 Å². The van der Waals surface area contributed by atoms with E-state index in [-0.39, 0.29) is 23.9 Å². The lowest BCUT2D eigenvalue weighted by molar-refractivity contribution is 0.102. The van der Waals surface area contributed by atoms with Crippen molar-refractivity contribution in [1.82, 2.24) is 15.2 Å². The Balaban J connectivity index is 1.41. The molecule has 9 heteroatoms. The average molecular weight is 410 g/mol. The number of carbonyl (C=O) groups excluding carboxylic acids is 1. The molecule has 1 N–H and O–H groups in total. The zero-order valence-electron chi connectivity index (χ0n) is 15.3. The lowest BCUT2D eigenvalue weighted by Crippen LogP contribution is -2.13. The van der Waals surface area contributed by atoms with Crippen molar-refractivity contribution in [2.45, 2.75) is 13.5 Å². The summed E-state index contributed by atoms with van der Waals surface area (Å²) >= 11 is 1.20. The third-order valence-electron chi connectivity index (χ3n) is 3.96. The number of oxazole rings is 1. The fourth-order valence-corrected chi connectivity index (χ4v) is 3.16. The molecule has 0 unspecified atom stereocenters. The van der Waals surface area contributed by atoms with E-state index in [0.717, 1.165) is 17.7 Å². The van der Waals surface area contributed by atoms with Crippen LogP contribution in [-0.4, -0.2) is 21.1 Å². The Morgan fingerprint density at radius 2 is 1.90 bits per heavy atom. The Bertz CT molecular complexity index is 1120. The van der Waals surface area contributed by atoms with Gasteiger partial charge in [-0.25, -0.2) is 9.37 Å². The molecule has 146 valence electrons. The first-order chi connectivity index (χ1) is 14.1. The van der Waals surface area contributed by atoms with Crippen molar-refractivity contribution in [3.63, 3.8) is 0 Å². The standard InChI is InChI=1S/C20H15FN4O3S/c1-12-2-8-15(9-3-12)27-10-16-24-25-20(29-16)23-19(26)17-18(28-11-22-17)13-4-6-14(21)7-5-13/h2-9,11H,10H2,1H3,(H,23,25,26). The summed E-state index contributed by atoms with van der Waals surface area (Å²) in [5.41, 5.74) is 1.76. The van der Waals surface area contributed by atoms with Gasteiger partial charge >= 0.3 is 0 Å². The maximum Gasteiger partial charge on any atom is 0.280 e. The molecule has 0 radical (unpaired) electrons. The molecule has 2 aromatic carbocycles. The SMILES string of the molecule is Cc1ccc(OCc2nnc(NC(=O)c3ncoc3-c3ccc(F)cc3)s2)cc1. The van der Waals surface area contributed by atoms with Crippen LogP contribution in [0.4, 0.5) is 9.52 Å². The van der Waals surface area contributed by atoms with Gasteiger partial charge in [0.15, 0.2) is 22.9 Å². The van der Waals surface area contributed by atoms with Crippen molar-refractivity contribution < 1.29 is 18.3 Å². The molecule has 7 nitrogen and oxygen atoms in total. The predicted octanol–water partition coefficient (Wildman–Crippen LogP) is 4.47. The van der Waals surface area contributed by atoms with Crippen LogP contribution in [0.15, 0.2) is 59.3 Å². The van der Waals surface area contributed by atoms with Crippen LogP contribution in [0.25, 0.3) is 11.3 Å². The lowest BCUT2D eigenvalue weighted by atomic mass is 10.1. The first-order valence-electron chi connectivity index (χ1n) is 8.61. The Labute approximate surface area is 169 Å². The van der Waals surface area contributed by atoms with Gasteiger partial charge in [0, 0.05) is 5.56 Å². The number of aryl methyl sites for hydroxylation is 1. The number of hydrogen-bond acceptors (Lipinski definition) is 7. The van der Waals surface area contributed by atoms with Gasteiger partial charge in [0.1, 0.15) is 18.2 Å². The second kappa shape index (κ2) is 8.19. The highest BCUT2D eigenvalue weighted by atomic mass is 32.1. The smallest absolute Gasteiger partial charge is 0.280 e. The Kier molecular flexibility index (Phi) is 5.30. The van der Waals surface area contributed by atoms with Gasteiger partial charge in [-0.05, 0) is 43.3 Å². The second-order valence-electron chi connectivity index (χ2n) is 6.09. The van der Waals surface area contributed by atoms with Gasteiger partial charge in [0.2, 0.25) is 5.13 Å². The van der Waals surface area contributed by atoms with Gasteiger partial charge in [-0.1, -0.05) is 29.0 Å². The van der Waals surface area contributed by atoms with E-state index in [1.807, 2.05) is 31.2 Å². The molecule has 0 aliphatic carbocycles. The van der Waals surface area contributed by atoms with Gasteiger partial charge < -0.3 is 9.15 Å². The van der Waals surface area contributed by atoms with Crippen molar-refractivity contribution in [3.8, 4) is 17.1 Å². The fourth-order valence-electron chi connectivity index (χ4n) is 2.51. The van der Waals surface area contributed by atoms with Gasteiger partial charge in [-0.15, -0.1) is 10.2 Å². The van der Waals surface area contributed by atoms with Crippen molar-refractivity contribution in [2.75, 3.05) is 5.32 Å². The number of ether oxygens (including phenoxy) is 1. The normalized spacial score (nSPS) is 10.7. The third kappa shape index (κ3) is 4.46. The molecule has 4 rings (SSSR count). The Morgan fingerprint density at radius 3 is 2.66 bits per heavy atom.